The van der Waals surface area contributed by atoms with Crippen LogP contribution in [0.2, 0.25) is 0 Å². The first kappa shape index (κ1) is 19.5. The third-order valence-electron chi connectivity index (χ3n) is 9.50. The van der Waals surface area contributed by atoms with Gasteiger partial charge in [0.05, 0.1) is 0 Å². The molecule has 3 saturated carbocycles. The first-order valence-electron chi connectivity index (χ1n) is 10.9. The molecular formula is C24H29ClO4. The smallest absolute Gasteiger partial charge is 0.303 e. The van der Waals surface area contributed by atoms with Crippen LogP contribution >= 0.6 is 11.6 Å². The lowest BCUT2D eigenvalue weighted by atomic mass is 9.47. The van der Waals surface area contributed by atoms with E-state index in [1.165, 1.54) is 6.92 Å². The number of allylic oxidation sites excluding steroid dienone is 4. The topological polar surface area (TPSA) is 60.4 Å². The van der Waals surface area contributed by atoms with Gasteiger partial charge in [-0.3, -0.25) is 14.4 Å². The summed E-state index contributed by atoms with van der Waals surface area (Å²) in [7, 11) is 0. The molecule has 156 valence electrons. The van der Waals surface area contributed by atoms with Gasteiger partial charge < -0.3 is 4.74 Å². The number of esters is 1. The van der Waals surface area contributed by atoms with Crippen molar-refractivity contribution in [2.45, 2.75) is 65.4 Å². The molecule has 5 rings (SSSR count). The summed E-state index contributed by atoms with van der Waals surface area (Å²) in [6, 6.07) is 0. The Morgan fingerprint density at radius 1 is 1.10 bits per heavy atom. The lowest BCUT2D eigenvalue weighted by molar-refractivity contribution is -0.185. The molecule has 0 heterocycles. The van der Waals surface area contributed by atoms with Crippen molar-refractivity contribution in [1.82, 2.24) is 0 Å². The van der Waals surface area contributed by atoms with Crippen molar-refractivity contribution in [3.63, 3.8) is 0 Å². The number of halogens is 1. The molecule has 0 bridgehead atoms. The number of carbonyl (C=O) groups is 3. The molecule has 3 fully saturated rings. The van der Waals surface area contributed by atoms with Gasteiger partial charge in [-0.1, -0.05) is 31.5 Å². The molecule has 29 heavy (non-hydrogen) atoms. The molecule has 0 saturated heterocycles. The van der Waals surface area contributed by atoms with Crippen molar-refractivity contribution in [2.24, 2.45) is 40.4 Å². The Morgan fingerprint density at radius 3 is 2.45 bits per heavy atom. The zero-order valence-electron chi connectivity index (χ0n) is 17.6. The van der Waals surface area contributed by atoms with Crippen LogP contribution in [0.3, 0.4) is 0 Å². The van der Waals surface area contributed by atoms with Crippen molar-refractivity contribution in [3.8, 4) is 0 Å². The molecule has 0 aromatic carbocycles. The van der Waals surface area contributed by atoms with Gasteiger partial charge >= 0.3 is 5.97 Å². The molecule has 0 aliphatic heterocycles. The molecular weight excluding hydrogens is 388 g/mol. The van der Waals surface area contributed by atoms with Crippen LogP contribution in [0.4, 0.5) is 0 Å². The summed E-state index contributed by atoms with van der Waals surface area (Å²) in [5, 5.41) is 0.713. The maximum Gasteiger partial charge on any atom is 0.303 e. The Hall–Kier alpha value is -1.42. The largest absolute Gasteiger partial charge is 0.451 e. The van der Waals surface area contributed by atoms with Gasteiger partial charge in [0.15, 0.2) is 17.2 Å². The highest BCUT2D eigenvalue weighted by Crippen LogP contribution is 2.72. The zero-order valence-corrected chi connectivity index (χ0v) is 18.3. The molecule has 5 heteroatoms. The van der Waals surface area contributed by atoms with Gasteiger partial charge in [-0.25, -0.2) is 0 Å². The van der Waals surface area contributed by atoms with Gasteiger partial charge in [0.1, 0.15) is 0 Å². The van der Waals surface area contributed by atoms with Crippen LogP contribution < -0.4 is 0 Å². The second-order valence-electron chi connectivity index (χ2n) is 10.5. The number of ether oxygens (including phenoxy) is 1. The summed E-state index contributed by atoms with van der Waals surface area (Å²) < 4.78 is 5.82. The Kier molecular flexibility index (Phi) is 3.93. The third-order valence-corrected chi connectivity index (χ3v) is 9.83. The molecule has 0 amide bonds. The van der Waals surface area contributed by atoms with Gasteiger partial charge in [-0.15, -0.1) is 0 Å². The molecule has 0 aromatic rings. The van der Waals surface area contributed by atoms with E-state index in [-0.39, 0.29) is 46.1 Å². The highest BCUT2D eigenvalue weighted by Gasteiger charge is 2.70. The normalized spacial score (nSPS) is 49.7. The second-order valence-corrected chi connectivity index (χ2v) is 10.9. The summed E-state index contributed by atoms with van der Waals surface area (Å²) in [6.07, 6.45) is 8.18. The van der Waals surface area contributed by atoms with Crippen LogP contribution in [-0.2, 0) is 19.1 Å². The summed E-state index contributed by atoms with van der Waals surface area (Å²) >= 11 is 6.79. The van der Waals surface area contributed by atoms with Gasteiger partial charge in [-0.2, -0.15) is 0 Å². The molecule has 0 unspecified atom stereocenters. The van der Waals surface area contributed by atoms with E-state index < -0.39 is 5.60 Å². The van der Waals surface area contributed by atoms with Crippen LogP contribution in [0.1, 0.15) is 59.8 Å². The van der Waals surface area contributed by atoms with E-state index in [1.54, 1.807) is 6.92 Å². The first-order valence-corrected chi connectivity index (χ1v) is 11.3. The van der Waals surface area contributed by atoms with Gasteiger partial charge in [0, 0.05) is 28.7 Å². The van der Waals surface area contributed by atoms with Crippen molar-refractivity contribution in [2.75, 3.05) is 0 Å². The van der Waals surface area contributed by atoms with E-state index >= 15 is 0 Å². The summed E-state index contributed by atoms with van der Waals surface area (Å²) in [5.74, 6) is 1.27. The SMILES string of the molecule is CC(=O)O[C@@]1(C(C)=O)CC[C@H]2[C@@H]3C=C(Cl)C4=CC(=O)[C@H]5C[C@@H]5[C@]4(C)[C@H]3CC[C@@]21C. The number of ketones is 2. The fourth-order valence-corrected chi connectivity index (χ4v) is 8.43. The summed E-state index contributed by atoms with van der Waals surface area (Å²) in [5.41, 5.74) is -0.455. The van der Waals surface area contributed by atoms with E-state index in [0.29, 0.717) is 23.3 Å². The average molecular weight is 417 g/mol. The summed E-state index contributed by atoms with van der Waals surface area (Å²) in [6.45, 7) is 7.42. The fraction of sp³-hybridized carbons (Fsp3) is 0.708. The number of rotatable bonds is 2. The molecule has 4 nitrogen and oxygen atoms in total. The van der Waals surface area contributed by atoms with Crippen molar-refractivity contribution in [3.05, 3.63) is 22.8 Å². The van der Waals surface area contributed by atoms with Crippen LogP contribution in [0.15, 0.2) is 22.8 Å². The highest BCUT2D eigenvalue weighted by molar-refractivity contribution is 6.32. The zero-order chi connectivity index (χ0) is 20.9. The van der Waals surface area contributed by atoms with E-state index in [1.807, 2.05) is 6.08 Å². The van der Waals surface area contributed by atoms with Crippen molar-refractivity contribution < 1.29 is 19.1 Å². The Bertz CT molecular complexity index is 903. The molecule has 0 N–H and O–H groups in total. The summed E-state index contributed by atoms with van der Waals surface area (Å²) in [4.78, 5) is 37.1. The number of hydrogen-bond donors (Lipinski definition) is 0. The van der Waals surface area contributed by atoms with E-state index in [9.17, 15) is 14.4 Å². The monoisotopic (exact) mass is 416 g/mol. The van der Waals surface area contributed by atoms with Crippen molar-refractivity contribution >= 4 is 29.1 Å². The minimum Gasteiger partial charge on any atom is -0.451 e. The standard InChI is InChI=1S/C24H29ClO4/c1-12(26)24(29-13(2)27)8-6-16-14-10-20(25)19-11-21(28)15-9-18(15)23(19,4)17(14)5-7-22(16,24)3/h10-11,14-18H,5-9H2,1-4H3/t14-,15-,16-,17-,18-,22-,23-,24+/m0/s1. The van der Waals surface area contributed by atoms with Gasteiger partial charge in [0.25, 0.3) is 0 Å². The predicted molar refractivity (Wildman–Crippen MR) is 109 cm³/mol. The van der Waals surface area contributed by atoms with Crippen molar-refractivity contribution in [1.29, 1.82) is 0 Å². The lowest BCUT2D eigenvalue weighted by Gasteiger charge is -2.57. The number of hydrogen-bond acceptors (Lipinski definition) is 4. The maximum atomic E-state index is 12.8. The lowest BCUT2D eigenvalue weighted by Crippen LogP contribution is -2.58. The Labute approximate surface area is 177 Å². The van der Waals surface area contributed by atoms with Crippen LogP contribution in [0, 0.1) is 40.4 Å². The van der Waals surface area contributed by atoms with E-state index in [0.717, 1.165) is 31.3 Å². The molecule has 5 aliphatic rings. The fourth-order valence-electron chi connectivity index (χ4n) is 8.03. The molecule has 8 atom stereocenters. The molecule has 0 aromatic heterocycles. The average Bonchev–Trinajstić information content (AvgIpc) is 3.39. The van der Waals surface area contributed by atoms with Crippen LogP contribution in [-0.4, -0.2) is 23.1 Å². The number of fused-ring (bicyclic) bond motifs is 7. The van der Waals surface area contributed by atoms with E-state index in [2.05, 4.69) is 19.9 Å². The van der Waals surface area contributed by atoms with Crippen LogP contribution in [0.5, 0.6) is 0 Å². The Balaban J connectivity index is 1.60. The predicted octanol–water partition coefficient (Wildman–Crippen LogP) is 4.61. The second kappa shape index (κ2) is 5.84. The van der Waals surface area contributed by atoms with Gasteiger partial charge in [-0.05, 0) is 74.3 Å². The molecule has 0 spiro atoms. The minimum absolute atomic E-state index is 0.0423. The van der Waals surface area contributed by atoms with Gasteiger partial charge in [0.2, 0.25) is 0 Å². The third kappa shape index (κ3) is 2.24. The highest BCUT2D eigenvalue weighted by atomic mass is 35.5. The maximum absolute atomic E-state index is 12.8. The Morgan fingerprint density at radius 2 is 1.79 bits per heavy atom. The number of carbonyl (C=O) groups excluding carboxylic acids is 3. The minimum atomic E-state index is -1.03. The molecule has 5 aliphatic carbocycles. The molecule has 0 radical (unpaired) electrons. The first-order chi connectivity index (χ1) is 13.6. The van der Waals surface area contributed by atoms with E-state index in [4.69, 9.17) is 16.3 Å². The van der Waals surface area contributed by atoms with Crippen LogP contribution in [0.25, 0.3) is 0 Å². The quantitative estimate of drug-likeness (QED) is 0.617. The number of Topliss-reactive ketones (excluding diaryl/α,β-unsaturated/α-hetero) is 1.